The molecule has 0 aromatic heterocycles. The molecule has 2 N–H and O–H groups in total. The van der Waals surface area contributed by atoms with Crippen LogP contribution in [0.5, 0.6) is 5.75 Å². The molecule has 21 heavy (non-hydrogen) atoms. The van der Waals surface area contributed by atoms with E-state index in [1.165, 1.54) is 25.8 Å². The molecule has 0 amide bonds. The number of ketones is 1. The molecule has 0 saturated heterocycles. The van der Waals surface area contributed by atoms with Crippen LogP contribution in [0.3, 0.4) is 0 Å². The van der Waals surface area contributed by atoms with Crippen molar-refractivity contribution in [3.8, 4) is 5.75 Å². The van der Waals surface area contributed by atoms with Gasteiger partial charge in [0, 0.05) is 29.8 Å². The van der Waals surface area contributed by atoms with Crippen LogP contribution in [-0.2, 0) is 6.54 Å². The minimum Gasteiger partial charge on any atom is -0.507 e. The molecule has 0 bridgehead atoms. The molecular formula is C16H22ClNO3. The van der Waals surface area contributed by atoms with Crippen LogP contribution in [0.15, 0.2) is 12.1 Å². The number of hydrogen-bond donors (Lipinski definition) is 2. The van der Waals surface area contributed by atoms with Crippen molar-refractivity contribution in [1.29, 1.82) is 0 Å². The van der Waals surface area contributed by atoms with Crippen LogP contribution in [0, 0.1) is 0 Å². The van der Waals surface area contributed by atoms with Gasteiger partial charge in [-0.2, -0.15) is 0 Å². The van der Waals surface area contributed by atoms with Gasteiger partial charge in [-0.3, -0.25) is 9.69 Å². The van der Waals surface area contributed by atoms with Crippen LogP contribution >= 0.6 is 11.6 Å². The highest BCUT2D eigenvalue weighted by Gasteiger charge is 2.29. The zero-order chi connectivity index (χ0) is 15.4. The monoisotopic (exact) mass is 311 g/mol. The summed E-state index contributed by atoms with van der Waals surface area (Å²) in [5.74, 6) is -0.144. The number of hydrogen-bond acceptors (Lipinski definition) is 4. The number of carbonyl (C=O) groups is 1. The molecule has 1 aromatic rings. The number of aliphatic hydroxyl groups excluding tert-OH is 1. The van der Waals surface area contributed by atoms with Crippen molar-refractivity contribution in [3.63, 3.8) is 0 Å². The lowest BCUT2D eigenvalue weighted by Gasteiger charge is -2.23. The van der Waals surface area contributed by atoms with Crippen molar-refractivity contribution >= 4 is 17.4 Å². The molecule has 0 atom stereocenters. The largest absolute Gasteiger partial charge is 0.507 e. The van der Waals surface area contributed by atoms with E-state index in [-0.39, 0.29) is 23.7 Å². The number of aliphatic hydroxyl groups is 1. The Morgan fingerprint density at radius 3 is 2.67 bits per heavy atom. The third-order valence-corrected chi connectivity index (χ3v) is 4.04. The molecule has 0 radical (unpaired) electrons. The van der Waals surface area contributed by atoms with Crippen LogP contribution in [-0.4, -0.2) is 40.1 Å². The standard InChI is InChI=1S/C16H22ClNO3/c1-11(20)15-9-13(17)8-12(16(15)21)10-18(14-4-5-14)6-2-3-7-19/h8-9,14,19,21H,2-7,10H2,1H3. The summed E-state index contributed by atoms with van der Waals surface area (Å²) in [6, 6.07) is 3.78. The van der Waals surface area contributed by atoms with E-state index in [0.717, 1.165) is 19.4 Å². The van der Waals surface area contributed by atoms with E-state index in [0.29, 0.717) is 23.2 Å². The van der Waals surface area contributed by atoms with Gasteiger partial charge in [0.2, 0.25) is 0 Å². The molecule has 1 saturated carbocycles. The number of aromatic hydroxyl groups is 1. The molecule has 0 unspecified atom stereocenters. The van der Waals surface area contributed by atoms with Gasteiger partial charge in [-0.05, 0) is 51.3 Å². The molecular weight excluding hydrogens is 290 g/mol. The smallest absolute Gasteiger partial charge is 0.163 e. The number of benzene rings is 1. The van der Waals surface area contributed by atoms with Crippen molar-refractivity contribution in [3.05, 3.63) is 28.3 Å². The fourth-order valence-corrected chi connectivity index (χ4v) is 2.76. The van der Waals surface area contributed by atoms with Crippen LogP contribution in [0.1, 0.15) is 48.5 Å². The Balaban J connectivity index is 2.14. The molecule has 0 heterocycles. The van der Waals surface area contributed by atoms with Gasteiger partial charge in [0.05, 0.1) is 5.56 Å². The van der Waals surface area contributed by atoms with Crippen LogP contribution < -0.4 is 0 Å². The maximum Gasteiger partial charge on any atom is 0.163 e. The number of Topliss-reactive ketones (excluding diaryl/α,β-unsaturated/α-hetero) is 1. The van der Waals surface area contributed by atoms with Crippen LogP contribution in [0.4, 0.5) is 0 Å². The predicted molar refractivity (Wildman–Crippen MR) is 82.9 cm³/mol. The Morgan fingerprint density at radius 2 is 2.10 bits per heavy atom. The number of unbranched alkanes of at least 4 members (excludes halogenated alkanes) is 1. The van der Waals surface area contributed by atoms with E-state index in [4.69, 9.17) is 16.7 Å². The highest BCUT2D eigenvalue weighted by Crippen LogP contribution is 2.33. The topological polar surface area (TPSA) is 60.8 Å². The van der Waals surface area contributed by atoms with Crippen LogP contribution in [0.25, 0.3) is 0 Å². The number of halogens is 1. The minimum absolute atomic E-state index is 0.0414. The van der Waals surface area contributed by atoms with Crippen molar-refractivity contribution in [2.75, 3.05) is 13.2 Å². The maximum atomic E-state index is 11.6. The number of phenolic OH excluding ortho intramolecular Hbond substituents is 1. The zero-order valence-corrected chi connectivity index (χ0v) is 13.1. The first-order valence-electron chi connectivity index (χ1n) is 7.40. The van der Waals surface area contributed by atoms with Gasteiger partial charge in [0.15, 0.2) is 5.78 Å². The SMILES string of the molecule is CC(=O)c1cc(Cl)cc(CN(CCCCO)C2CC2)c1O. The van der Waals surface area contributed by atoms with Crippen LogP contribution in [0.2, 0.25) is 5.02 Å². The number of rotatable bonds is 8. The van der Waals surface area contributed by atoms with E-state index < -0.39 is 0 Å². The predicted octanol–water partition coefficient (Wildman–Crippen LogP) is 2.99. The van der Waals surface area contributed by atoms with Gasteiger partial charge in [-0.15, -0.1) is 0 Å². The van der Waals surface area contributed by atoms with Crippen molar-refractivity contribution in [2.24, 2.45) is 0 Å². The van der Waals surface area contributed by atoms with E-state index in [1.807, 2.05) is 0 Å². The van der Waals surface area contributed by atoms with E-state index in [1.54, 1.807) is 6.07 Å². The van der Waals surface area contributed by atoms with E-state index in [2.05, 4.69) is 4.90 Å². The van der Waals surface area contributed by atoms with Gasteiger partial charge in [-0.1, -0.05) is 11.6 Å². The number of phenols is 1. The Bertz CT molecular complexity index is 514. The van der Waals surface area contributed by atoms with E-state index in [9.17, 15) is 9.90 Å². The second-order valence-electron chi connectivity index (χ2n) is 5.65. The second kappa shape index (κ2) is 7.25. The fourth-order valence-electron chi connectivity index (χ4n) is 2.52. The average molecular weight is 312 g/mol. The van der Waals surface area contributed by atoms with Gasteiger partial charge in [0.1, 0.15) is 5.75 Å². The van der Waals surface area contributed by atoms with Gasteiger partial charge in [0.25, 0.3) is 0 Å². The highest BCUT2D eigenvalue weighted by molar-refractivity contribution is 6.31. The summed E-state index contributed by atoms with van der Waals surface area (Å²) in [4.78, 5) is 13.9. The molecule has 5 heteroatoms. The molecule has 0 aliphatic heterocycles. The molecule has 0 spiro atoms. The van der Waals surface area contributed by atoms with Gasteiger partial charge >= 0.3 is 0 Å². The summed E-state index contributed by atoms with van der Waals surface area (Å²) < 4.78 is 0. The molecule has 1 aliphatic carbocycles. The first kappa shape index (κ1) is 16.3. The average Bonchev–Trinajstić information content (AvgIpc) is 3.25. The Hall–Kier alpha value is -1.10. The lowest BCUT2D eigenvalue weighted by Crippen LogP contribution is -2.27. The molecule has 116 valence electrons. The summed E-state index contributed by atoms with van der Waals surface area (Å²) in [7, 11) is 0. The van der Waals surface area contributed by atoms with Crippen molar-refractivity contribution in [2.45, 2.75) is 45.2 Å². The molecule has 1 aliphatic rings. The molecule has 4 nitrogen and oxygen atoms in total. The Morgan fingerprint density at radius 1 is 1.38 bits per heavy atom. The minimum atomic E-state index is -0.186. The molecule has 2 rings (SSSR count). The van der Waals surface area contributed by atoms with Gasteiger partial charge < -0.3 is 10.2 Å². The summed E-state index contributed by atoms with van der Waals surface area (Å²) in [5, 5.41) is 19.6. The van der Waals surface area contributed by atoms with E-state index >= 15 is 0 Å². The maximum absolute atomic E-state index is 11.6. The third kappa shape index (κ3) is 4.43. The van der Waals surface area contributed by atoms with Crippen molar-refractivity contribution < 1.29 is 15.0 Å². The summed E-state index contributed by atoms with van der Waals surface area (Å²) in [5.41, 5.74) is 0.979. The number of nitrogens with zero attached hydrogens (tertiary/aromatic N) is 1. The zero-order valence-electron chi connectivity index (χ0n) is 12.3. The first-order chi connectivity index (χ1) is 10.0. The highest BCUT2D eigenvalue weighted by atomic mass is 35.5. The fraction of sp³-hybridized carbons (Fsp3) is 0.562. The summed E-state index contributed by atoms with van der Waals surface area (Å²) in [6.45, 7) is 3.10. The lowest BCUT2D eigenvalue weighted by molar-refractivity contribution is 0.101. The van der Waals surface area contributed by atoms with Gasteiger partial charge in [-0.25, -0.2) is 0 Å². The van der Waals surface area contributed by atoms with Crippen molar-refractivity contribution in [1.82, 2.24) is 4.90 Å². The summed E-state index contributed by atoms with van der Waals surface area (Å²) >= 11 is 6.06. The Kier molecular flexibility index (Phi) is 5.62. The lowest BCUT2D eigenvalue weighted by atomic mass is 10.1. The second-order valence-corrected chi connectivity index (χ2v) is 6.09. The Labute approximate surface area is 130 Å². The normalized spacial score (nSPS) is 14.7. The molecule has 1 aromatic carbocycles. The molecule has 1 fully saturated rings. The third-order valence-electron chi connectivity index (χ3n) is 3.82. The first-order valence-corrected chi connectivity index (χ1v) is 7.78. The summed E-state index contributed by atoms with van der Waals surface area (Å²) in [6.07, 6.45) is 4.04. The quantitative estimate of drug-likeness (QED) is 0.572. The number of carbonyl (C=O) groups excluding carboxylic acids is 1.